The van der Waals surface area contributed by atoms with Crippen molar-refractivity contribution in [2.24, 2.45) is 0 Å². The molecule has 0 unspecified atom stereocenters. The largest absolute Gasteiger partial charge is 0.272 e. The van der Waals surface area contributed by atoms with Crippen molar-refractivity contribution in [1.29, 1.82) is 0 Å². The normalized spacial score (nSPS) is 9.62. The molecule has 0 aromatic carbocycles. The third kappa shape index (κ3) is 1.47. The van der Waals surface area contributed by atoms with E-state index in [9.17, 15) is 0 Å². The first-order valence-corrected chi connectivity index (χ1v) is 3.99. The lowest BCUT2D eigenvalue weighted by Gasteiger charge is -1.91. The highest BCUT2D eigenvalue weighted by molar-refractivity contribution is 14.1. The monoisotopic (exact) mass is 222 g/mol. The van der Waals surface area contributed by atoms with Crippen LogP contribution in [0.1, 0.15) is 0 Å². The molecule has 1 aromatic heterocycles. The molecule has 44 valence electrons. The fourth-order valence-electron chi connectivity index (χ4n) is 0.519. The minimum atomic E-state index is 1.02. The van der Waals surface area contributed by atoms with Crippen LogP contribution in [-0.4, -0.2) is 14.2 Å². The van der Waals surface area contributed by atoms with Gasteiger partial charge in [0.2, 0.25) is 0 Å². The third-order valence-electron chi connectivity index (χ3n) is 0.873. The summed E-state index contributed by atoms with van der Waals surface area (Å²) in [6.07, 6.45) is 3.77. The van der Waals surface area contributed by atoms with E-state index < -0.39 is 0 Å². The summed E-state index contributed by atoms with van der Waals surface area (Å²) in [5.74, 6) is 0. The van der Waals surface area contributed by atoms with Crippen LogP contribution in [0.3, 0.4) is 0 Å². The molecular formula is C5H7IN2. The van der Waals surface area contributed by atoms with Crippen molar-refractivity contribution in [2.45, 2.75) is 6.54 Å². The SMILES string of the molecule is ICCn1cccn1. The average Bonchev–Trinajstić information content (AvgIpc) is 2.19. The summed E-state index contributed by atoms with van der Waals surface area (Å²) in [4.78, 5) is 0. The van der Waals surface area contributed by atoms with Gasteiger partial charge in [-0.25, -0.2) is 0 Å². The van der Waals surface area contributed by atoms with Crippen molar-refractivity contribution in [3.63, 3.8) is 0 Å². The van der Waals surface area contributed by atoms with Crippen LogP contribution in [0, 0.1) is 0 Å². The van der Waals surface area contributed by atoms with Crippen molar-refractivity contribution in [3.8, 4) is 0 Å². The summed E-state index contributed by atoms with van der Waals surface area (Å²) in [5, 5.41) is 4.02. The Balaban J connectivity index is 2.50. The van der Waals surface area contributed by atoms with Crippen molar-refractivity contribution in [3.05, 3.63) is 18.5 Å². The van der Waals surface area contributed by atoms with Crippen LogP contribution >= 0.6 is 22.6 Å². The quantitative estimate of drug-likeness (QED) is 0.545. The molecule has 1 rings (SSSR count). The van der Waals surface area contributed by atoms with Gasteiger partial charge in [0.1, 0.15) is 0 Å². The van der Waals surface area contributed by atoms with Gasteiger partial charge in [-0.2, -0.15) is 5.10 Å². The van der Waals surface area contributed by atoms with Crippen LogP contribution in [0.15, 0.2) is 18.5 Å². The number of hydrogen-bond acceptors (Lipinski definition) is 1. The molecule has 3 heteroatoms. The van der Waals surface area contributed by atoms with Gasteiger partial charge >= 0.3 is 0 Å². The zero-order valence-electron chi connectivity index (χ0n) is 4.42. The molecule has 0 radical (unpaired) electrons. The number of hydrogen-bond donors (Lipinski definition) is 0. The van der Waals surface area contributed by atoms with Gasteiger partial charge in [0.15, 0.2) is 0 Å². The molecule has 1 aromatic rings. The fourth-order valence-corrected chi connectivity index (χ4v) is 1.01. The van der Waals surface area contributed by atoms with Crippen LogP contribution in [0.4, 0.5) is 0 Å². The molecule has 8 heavy (non-hydrogen) atoms. The van der Waals surface area contributed by atoms with Crippen LogP contribution in [0.2, 0.25) is 0 Å². The predicted octanol–water partition coefficient (Wildman–Crippen LogP) is 1.32. The standard InChI is InChI=1S/C5H7IN2/c6-2-5-8-4-1-3-7-8/h1,3-4H,2,5H2. The summed E-state index contributed by atoms with van der Waals surface area (Å²) in [6.45, 7) is 1.02. The van der Waals surface area contributed by atoms with Gasteiger partial charge < -0.3 is 0 Å². The highest BCUT2D eigenvalue weighted by Gasteiger charge is 1.83. The molecule has 0 fully saturated rings. The first-order chi connectivity index (χ1) is 3.93. The second-order valence-corrected chi connectivity index (χ2v) is 2.54. The van der Waals surface area contributed by atoms with Crippen molar-refractivity contribution in [2.75, 3.05) is 4.43 Å². The van der Waals surface area contributed by atoms with E-state index in [2.05, 4.69) is 27.7 Å². The number of nitrogens with zero attached hydrogens (tertiary/aromatic N) is 2. The number of alkyl halides is 1. The highest BCUT2D eigenvalue weighted by Crippen LogP contribution is 1.87. The minimum Gasteiger partial charge on any atom is -0.272 e. The van der Waals surface area contributed by atoms with E-state index in [-0.39, 0.29) is 0 Å². The Morgan fingerprint density at radius 1 is 1.62 bits per heavy atom. The second kappa shape index (κ2) is 3.06. The Bertz CT molecular complexity index is 136. The summed E-state index contributed by atoms with van der Waals surface area (Å²) in [6, 6.07) is 1.94. The van der Waals surface area contributed by atoms with Crippen LogP contribution < -0.4 is 0 Å². The zero-order chi connectivity index (χ0) is 5.82. The van der Waals surface area contributed by atoms with Crippen molar-refractivity contribution < 1.29 is 0 Å². The van der Waals surface area contributed by atoms with E-state index in [1.807, 2.05) is 16.9 Å². The van der Waals surface area contributed by atoms with Gasteiger partial charge in [0.05, 0.1) is 0 Å². The fraction of sp³-hybridized carbons (Fsp3) is 0.400. The molecule has 0 aliphatic carbocycles. The van der Waals surface area contributed by atoms with Gasteiger partial charge in [0, 0.05) is 23.4 Å². The number of rotatable bonds is 2. The molecule has 0 saturated heterocycles. The summed E-state index contributed by atoms with van der Waals surface area (Å²) in [5.41, 5.74) is 0. The van der Waals surface area contributed by atoms with Gasteiger partial charge in [-0.05, 0) is 6.07 Å². The molecule has 0 saturated carbocycles. The molecule has 0 amide bonds. The van der Waals surface area contributed by atoms with E-state index in [1.54, 1.807) is 6.20 Å². The molecule has 0 bridgehead atoms. The first-order valence-electron chi connectivity index (χ1n) is 2.47. The van der Waals surface area contributed by atoms with Crippen LogP contribution in [0.5, 0.6) is 0 Å². The topological polar surface area (TPSA) is 17.8 Å². The maximum absolute atomic E-state index is 4.02. The van der Waals surface area contributed by atoms with Crippen molar-refractivity contribution in [1.82, 2.24) is 9.78 Å². The van der Waals surface area contributed by atoms with E-state index in [0.29, 0.717) is 0 Å². The minimum absolute atomic E-state index is 1.02. The lowest BCUT2D eigenvalue weighted by atomic mass is 10.7. The average molecular weight is 222 g/mol. The Labute approximate surface area is 62.0 Å². The summed E-state index contributed by atoms with van der Waals surface area (Å²) < 4.78 is 3.05. The van der Waals surface area contributed by atoms with E-state index in [0.717, 1.165) is 11.0 Å². The number of aryl methyl sites for hydroxylation is 1. The molecule has 0 spiro atoms. The van der Waals surface area contributed by atoms with E-state index >= 15 is 0 Å². The van der Waals surface area contributed by atoms with Gasteiger partial charge in [0.25, 0.3) is 0 Å². The zero-order valence-corrected chi connectivity index (χ0v) is 6.58. The maximum Gasteiger partial charge on any atom is 0.0498 e. The smallest absolute Gasteiger partial charge is 0.0498 e. The Morgan fingerprint density at radius 2 is 2.50 bits per heavy atom. The first kappa shape index (κ1) is 6.07. The van der Waals surface area contributed by atoms with Crippen LogP contribution in [-0.2, 0) is 6.54 Å². The van der Waals surface area contributed by atoms with Crippen molar-refractivity contribution >= 4 is 22.6 Å². The molecule has 0 aliphatic heterocycles. The Hall–Kier alpha value is -0.0600. The maximum atomic E-state index is 4.02. The summed E-state index contributed by atoms with van der Waals surface area (Å²) >= 11 is 2.33. The van der Waals surface area contributed by atoms with E-state index in [4.69, 9.17) is 0 Å². The van der Waals surface area contributed by atoms with Gasteiger partial charge in [-0.1, -0.05) is 22.6 Å². The second-order valence-electron chi connectivity index (χ2n) is 1.46. The summed E-state index contributed by atoms with van der Waals surface area (Å²) in [7, 11) is 0. The molecule has 2 nitrogen and oxygen atoms in total. The van der Waals surface area contributed by atoms with Crippen LogP contribution in [0.25, 0.3) is 0 Å². The number of halogens is 1. The lowest BCUT2D eigenvalue weighted by molar-refractivity contribution is 0.672. The molecular weight excluding hydrogens is 215 g/mol. The highest BCUT2D eigenvalue weighted by atomic mass is 127. The lowest BCUT2D eigenvalue weighted by Crippen LogP contribution is -1.97. The molecule has 1 heterocycles. The Kier molecular flexibility index (Phi) is 2.32. The van der Waals surface area contributed by atoms with Gasteiger partial charge in [-0.15, -0.1) is 0 Å². The molecule has 0 aliphatic rings. The Morgan fingerprint density at radius 3 is 3.00 bits per heavy atom. The predicted molar refractivity (Wildman–Crippen MR) is 41.1 cm³/mol. The molecule has 0 atom stereocenters. The van der Waals surface area contributed by atoms with Gasteiger partial charge in [-0.3, -0.25) is 4.68 Å². The molecule has 0 N–H and O–H groups in total. The third-order valence-corrected chi connectivity index (χ3v) is 1.36. The van der Waals surface area contributed by atoms with E-state index in [1.165, 1.54) is 0 Å². The number of aromatic nitrogens is 2.